The Kier molecular flexibility index (Phi) is 5.75. The molecule has 6 nitrogen and oxygen atoms in total. The minimum Gasteiger partial charge on any atom is -0.362 e. The highest BCUT2D eigenvalue weighted by Crippen LogP contribution is 2.46. The largest absolute Gasteiger partial charge is 0.410 e. The van der Waals surface area contributed by atoms with Gasteiger partial charge in [-0.05, 0) is 42.0 Å². The SMILES string of the molecule is N#Cc1ccc(NC(=O)c2nn3c(c2Cl)N[C@@H](c2ccc(Cl)cc2)C[C@@H]3C(F)(F)F)cc1. The van der Waals surface area contributed by atoms with E-state index in [1.807, 2.05) is 6.07 Å². The number of amides is 1. The number of benzene rings is 2. The van der Waals surface area contributed by atoms with E-state index in [9.17, 15) is 18.0 Å². The van der Waals surface area contributed by atoms with Crippen molar-refractivity contribution in [1.82, 2.24) is 9.78 Å². The average Bonchev–Trinajstić information content (AvgIpc) is 3.10. The lowest BCUT2D eigenvalue weighted by atomic mass is 9.97. The lowest BCUT2D eigenvalue weighted by molar-refractivity contribution is -0.173. The van der Waals surface area contributed by atoms with Crippen molar-refractivity contribution in [3.63, 3.8) is 0 Å². The fourth-order valence-corrected chi connectivity index (χ4v) is 3.86. The first-order valence-corrected chi connectivity index (χ1v) is 10.1. The quantitative estimate of drug-likeness (QED) is 0.484. The molecule has 1 aliphatic heterocycles. The maximum absolute atomic E-state index is 13.9. The van der Waals surface area contributed by atoms with Gasteiger partial charge in [-0.3, -0.25) is 4.79 Å². The third kappa shape index (κ3) is 4.24. The van der Waals surface area contributed by atoms with Crippen molar-refractivity contribution in [2.24, 2.45) is 0 Å². The molecule has 4 rings (SSSR count). The fourth-order valence-electron chi connectivity index (χ4n) is 3.47. The van der Waals surface area contributed by atoms with Crippen LogP contribution in [-0.4, -0.2) is 21.9 Å². The summed E-state index contributed by atoms with van der Waals surface area (Å²) >= 11 is 12.2. The number of rotatable bonds is 3. The van der Waals surface area contributed by atoms with E-state index in [0.29, 0.717) is 26.5 Å². The third-order valence-electron chi connectivity index (χ3n) is 5.05. The molecule has 2 heterocycles. The van der Waals surface area contributed by atoms with Gasteiger partial charge in [0.05, 0.1) is 17.7 Å². The highest BCUT2D eigenvalue weighted by Gasteiger charge is 2.47. The number of carbonyl (C=O) groups excluding carboxylic acids is 1. The molecule has 0 bridgehead atoms. The van der Waals surface area contributed by atoms with Crippen LogP contribution in [0.5, 0.6) is 0 Å². The van der Waals surface area contributed by atoms with E-state index in [1.54, 1.807) is 24.3 Å². The summed E-state index contributed by atoms with van der Waals surface area (Å²) in [6, 6.07) is 11.7. The Balaban J connectivity index is 1.67. The molecule has 0 saturated carbocycles. The minimum atomic E-state index is -4.61. The van der Waals surface area contributed by atoms with Gasteiger partial charge in [-0.1, -0.05) is 35.3 Å². The second kappa shape index (κ2) is 8.37. The average molecular weight is 480 g/mol. The van der Waals surface area contributed by atoms with E-state index in [-0.39, 0.29) is 23.0 Å². The highest BCUT2D eigenvalue weighted by atomic mass is 35.5. The molecule has 32 heavy (non-hydrogen) atoms. The molecule has 0 unspecified atom stereocenters. The molecule has 0 fully saturated rings. The Morgan fingerprint density at radius 3 is 2.41 bits per heavy atom. The third-order valence-corrected chi connectivity index (χ3v) is 5.66. The Hall–Kier alpha value is -3.22. The Labute approximate surface area is 190 Å². The van der Waals surface area contributed by atoms with E-state index >= 15 is 0 Å². The molecule has 2 atom stereocenters. The lowest BCUT2D eigenvalue weighted by Gasteiger charge is -2.33. The summed E-state index contributed by atoms with van der Waals surface area (Å²) in [6.07, 6.45) is -4.95. The summed E-state index contributed by atoms with van der Waals surface area (Å²) in [5.41, 5.74) is 0.986. The number of nitrogens with one attached hydrogen (secondary N) is 2. The van der Waals surface area contributed by atoms with Crippen LogP contribution in [0.15, 0.2) is 48.5 Å². The van der Waals surface area contributed by atoms with E-state index in [1.165, 1.54) is 24.3 Å². The van der Waals surface area contributed by atoms with Crippen molar-refractivity contribution >= 4 is 40.6 Å². The fraction of sp³-hybridized carbons (Fsp3) is 0.190. The summed E-state index contributed by atoms with van der Waals surface area (Å²) in [5, 5.41) is 18.5. The standard InChI is InChI=1S/C21H14Cl2F3N5O/c22-13-5-3-12(4-6-13)15-9-16(21(24,25)26)31-19(29-15)17(23)18(30-31)20(32)28-14-7-1-11(10-27)2-8-14/h1-8,15-16,29H,9H2,(H,28,32)/t15-,16-/m1/s1. The van der Waals surface area contributed by atoms with E-state index in [0.717, 1.165) is 0 Å². The molecular weight excluding hydrogens is 466 g/mol. The minimum absolute atomic E-state index is 0.0924. The van der Waals surface area contributed by atoms with Gasteiger partial charge in [0.1, 0.15) is 10.8 Å². The second-order valence-corrected chi connectivity index (χ2v) is 7.96. The number of nitrogens with zero attached hydrogens (tertiary/aromatic N) is 3. The second-order valence-electron chi connectivity index (χ2n) is 7.14. The van der Waals surface area contributed by atoms with Crippen molar-refractivity contribution in [2.75, 3.05) is 10.6 Å². The summed E-state index contributed by atoms with van der Waals surface area (Å²) in [6.45, 7) is 0. The normalized spacial score (nSPS) is 17.8. The maximum Gasteiger partial charge on any atom is 0.410 e. The van der Waals surface area contributed by atoms with Crippen molar-refractivity contribution in [3.05, 3.63) is 75.4 Å². The molecule has 0 saturated heterocycles. The van der Waals surface area contributed by atoms with E-state index in [2.05, 4.69) is 15.7 Å². The zero-order chi connectivity index (χ0) is 23.0. The number of aromatic nitrogens is 2. The first kappa shape index (κ1) is 22.0. The highest BCUT2D eigenvalue weighted by molar-refractivity contribution is 6.36. The van der Waals surface area contributed by atoms with Gasteiger partial charge in [-0.25, -0.2) is 4.68 Å². The molecule has 1 aliphatic rings. The van der Waals surface area contributed by atoms with E-state index < -0.39 is 24.2 Å². The van der Waals surface area contributed by atoms with Gasteiger partial charge < -0.3 is 10.6 Å². The zero-order valence-corrected chi connectivity index (χ0v) is 17.6. The van der Waals surface area contributed by atoms with Gasteiger partial charge in [-0.2, -0.15) is 23.5 Å². The molecule has 1 amide bonds. The Morgan fingerprint density at radius 1 is 1.16 bits per heavy atom. The first-order valence-electron chi connectivity index (χ1n) is 9.35. The van der Waals surface area contributed by atoms with Gasteiger partial charge in [0.15, 0.2) is 11.7 Å². The molecule has 3 aromatic rings. The maximum atomic E-state index is 13.9. The zero-order valence-electron chi connectivity index (χ0n) is 16.1. The molecule has 0 aliphatic carbocycles. The van der Waals surface area contributed by atoms with E-state index in [4.69, 9.17) is 28.5 Å². The van der Waals surface area contributed by atoms with Crippen molar-refractivity contribution in [2.45, 2.75) is 24.7 Å². The smallest absolute Gasteiger partial charge is 0.362 e. The molecule has 1 aromatic heterocycles. The van der Waals surface area contributed by atoms with Crippen LogP contribution in [0.4, 0.5) is 24.7 Å². The van der Waals surface area contributed by atoms with Crippen LogP contribution in [0.3, 0.4) is 0 Å². The van der Waals surface area contributed by atoms with Gasteiger partial charge in [0.2, 0.25) is 0 Å². The van der Waals surface area contributed by atoms with Crippen LogP contribution in [-0.2, 0) is 0 Å². The number of alkyl halides is 3. The van der Waals surface area contributed by atoms with Crippen LogP contribution in [0.25, 0.3) is 0 Å². The summed E-state index contributed by atoms with van der Waals surface area (Å²) in [5.74, 6) is -0.863. The van der Waals surface area contributed by atoms with Crippen molar-refractivity contribution in [1.29, 1.82) is 5.26 Å². The number of hydrogen-bond acceptors (Lipinski definition) is 4. The summed E-state index contributed by atoms with van der Waals surface area (Å²) < 4.78 is 42.3. The predicted octanol–water partition coefficient (Wildman–Crippen LogP) is 5.97. The predicted molar refractivity (Wildman–Crippen MR) is 114 cm³/mol. The molecule has 0 spiro atoms. The number of hydrogen-bond donors (Lipinski definition) is 2. The first-order chi connectivity index (χ1) is 15.2. The molecule has 0 radical (unpaired) electrons. The summed E-state index contributed by atoms with van der Waals surface area (Å²) in [7, 11) is 0. The van der Waals surface area contributed by atoms with Crippen molar-refractivity contribution < 1.29 is 18.0 Å². The molecule has 11 heteroatoms. The monoisotopic (exact) mass is 479 g/mol. The van der Waals surface area contributed by atoms with Crippen LogP contribution in [0.1, 0.15) is 40.1 Å². The number of fused-ring (bicyclic) bond motifs is 1. The van der Waals surface area contributed by atoms with Gasteiger partial charge in [-0.15, -0.1) is 0 Å². The van der Waals surface area contributed by atoms with Crippen LogP contribution in [0.2, 0.25) is 10.0 Å². The topological polar surface area (TPSA) is 82.7 Å². The van der Waals surface area contributed by atoms with Gasteiger partial charge in [0, 0.05) is 17.1 Å². The lowest BCUT2D eigenvalue weighted by Crippen LogP contribution is -2.35. The van der Waals surface area contributed by atoms with Crippen LogP contribution >= 0.6 is 23.2 Å². The molecule has 2 aromatic carbocycles. The van der Waals surface area contributed by atoms with Crippen LogP contribution < -0.4 is 10.6 Å². The Morgan fingerprint density at radius 2 is 1.81 bits per heavy atom. The Bertz CT molecular complexity index is 1200. The number of carbonyl (C=O) groups is 1. The van der Waals surface area contributed by atoms with Gasteiger partial charge in [0.25, 0.3) is 5.91 Å². The molecule has 2 N–H and O–H groups in total. The number of anilines is 2. The van der Waals surface area contributed by atoms with Gasteiger partial charge >= 0.3 is 6.18 Å². The molecular formula is C21H14Cl2F3N5O. The summed E-state index contributed by atoms with van der Waals surface area (Å²) in [4.78, 5) is 12.7. The molecule has 164 valence electrons. The number of nitriles is 1. The number of halogens is 5. The van der Waals surface area contributed by atoms with Crippen LogP contribution in [0, 0.1) is 11.3 Å². The van der Waals surface area contributed by atoms with Crippen molar-refractivity contribution in [3.8, 4) is 6.07 Å².